The molecule has 1 heterocycles. The third-order valence-electron chi connectivity index (χ3n) is 3.43. The second-order valence-corrected chi connectivity index (χ2v) is 5.53. The number of benzene rings is 1. The van der Waals surface area contributed by atoms with Gasteiger partial charge in [0.2, 0.25) is 0 Å². The van der Waals surface area contributed by atoms with Crippen LogP contribution in [0.5, 0.6) is 0 Å². The Bertz CT molecular complexity index is 563. The quantitative estimate of drug-likeness (QED) is 0.888. The monoisotopic (exact) mass is 291 g/mol. The van der Waals surface area contributed by atoms with Gasteiger partial charge in [0.15, 0.2) is 0 Å². The lowest BCUT2D eigenvalue weighted by molar-refractivity contribution is 0.573. The summed E-state index contributed by atoms with van der Waals surface area (Å²) in [5.74, 6) is 0. The van der Waals surface area contributed by atoms with Crippen LogP contribution in [0, 0.1) is 0 Å². The number of aromatic nitrogens is 2. The highest BCUT2D eigenvalue weighted by molar-refractivity contribution is 6.30. The number of nitrogens with two attached hydrogens (primary N) is 1. The van der Waals surface area contributed by atoms with Gasteiger partial charge in [-0.15, -0.1) is 0 Å². The van der Waals surface area contributed by atoms with Crippen LogP contribution in [0.4, 0.5) is 0 Å². The highest BCUT2D eigenvalue weighted by Crippen LogP contribution is 2.14. The zero-order valence-electron chi connectivity index (χ0n) is 12.1. The van der Waals surface area contributed by atoms with Crippen molar-refractivity contribution < 1.29 is 0 Å². The fraction of sp³-hybridized carbons (Fsp3) is 0.438. The van der Waals surface area contributed by atoms with Gasteiger partial charge in [0, 0.05) is 29.7 Å². The van der Waals surface area contributed by atoms with Gasteiger partial charge in [-0.2, -0.15) is 5.10 Å². The van der Waals surface area contributed by atoms with Crippen LogP contribution >= 0.6 is 11.6 Å². The van der Waals surface area contributed by atoms with Crippen LogP contribution in [-0.2, 0) is 25.8 Å². The Morgan fingerprint density at radius 3 is 2.70 bits per heavy atom. The first-order chi connectivity index (χ1) is 9.62. The summed E-state index contributed by atoms with van der Waals surface area (Å²) in [5.41, 5.74) is 9.82. The third-order valence-corrected chi connectivity index (χ3v) is 3.67. The zero-order valence-corrected chi connectivity index (χ0v) is 12.9. The maximum absolute atomic E-state index is 6.28. The van der Waals surface area contributed by atoms with Crippen LogP contribution in [-0.4, -0.2) is 15.8 Å². The number of rotatable bonds is 6. The van der Waals surface area contributed by atoms with E-state index in [0.29, 0.717) is 0 Å². The third kappa shape index (κ3) is 3.84. The minimum absolute atomic E-state index is 0.0835. The summed E-state index contributed by atoms with van der Waals surface area (Å²) >= 11 is 6.00. The van der Waals surface area contributed by atoms with Crippen molar-refractivity contribution in [3.63, 3.8) is 0 Å². The Hall–Kier alpha value is -1.32. The van der Waals surface area contributed by atoms with E-state index in [0.717, 1.165) is 36.5 Å². The lowest BCUT2D eigenvalue weighted by atomic mass is 10.0. The second-order valence-electron chi connectivity index (χ2n) is 5.09. The maximum Gasteiger partial charge on any atom is 0.0624 e. The fourth-order valence-electron chi connectivity index (χ4n) is 2.43. The van der Waals surface area contributed by atoms with Crippen molar-refractivity contribution in [1.82, 2.24) is 9.78 Å². The highest BCUT2D eigenvalue weighted by Gasteiger charge is 2.11. The van der Waals surface area contributed by atoms with E-state index in [1.54, 1.807) is 0 Å². The van der Waals surface area contributed by atoms with Gasteiger partial charge in [-0.3, -0.25) is 4.68 Å². The van der Waals surface area contributed by atoms with Crippen molar-refractivity contribution in [1.29, 1.82) is 0 Å². The molecule has 1 unspecified atom stereocenters. The Kier molecular flexibility index (Phi) is 5.21. The zero-order chi connectivity index (χ0) is 14.5. The molecule has 0 fully saturated rings. The van der Waals surface area contributed by atoms with E-state index in [1.807, 2.05) is 18.2 Å². The number of hydrogen-bond donors (Lipinski definition) is 1. The smallest absolute Gasteiger partial charge is 0.0624 e. The Balaban J connectivity index is 2.04. The van der Waals surface area contributed by atoms with Crippen molar-refractivity contribution in [2.45, 2.75) is 45.7 Å². The molecule has 20 heavy (non-hydrogen) atoms. The number of nitrogens with zero attached hydrogens (tertiary/aromatic N) is 2. The predicted octanol–water partition coefficient (Wildman–Crippen LogP) is 3.23. The first-order valence-corrected chi connectivity index (χ1v) is 7.55. The lowest BCUT2D eigenvalue weighted by Gasteiger charge is -2.12. The van der Waals surface area contributed by atoms with Gasteiger partial charge in [0.1, 0.15) is 0 Å². The predicted molar refractivity (Wildman–Crippen MR) is 84.1 cm³/mol. The van der Waals surface area contributed by atoms with Gasteiger partial charge in [-0.25, -0.2) is 0 Å². The fourth-order valence-corrected chi connectivity index (χ4v) is 2.65. The van der Waals surface area contributed by atoms with Gasteiger partial charge in [-0.05, 0) is 43.5 Å². The molecule has 0 aliphatic heterocycles. The van der Waals surface area contributed by atoms with E-state index in [-0.39, 0.29) is 6.04 Å². The molecule has 1 aromatic carbocycles. The highest BCUT2D eigenvalue weighted by atomic mass is 35.5. The molecule has 0 spiro atoms. The van der Waals surface area contributed by atoms with Crippen molar-refractivity contribution in [3.8, 4) is 0 Å². The van der Waals surface area contributed by atoms with E-state index < -0.39 is 0 Å². The van der Waals surface area contributed by atoms with Crippen LogP contribution in [0.2, 0.25) is 5.02 Å². The van der Waals surface area contributed by atoms with Gasteiger partial charge in [0.05, 0.1) is 5.69 Å². The lowest BCUT2D eigenvalue weighted by Crippen LogP contribution is -2.26. The van der Waals surface area contributed by atoms with E-state index >= 15 is 0 Å². The summed E-state index contributed by atoms with van der Waals surface area (Å²) in [6.07, 6.45) is 2.63. The molecule has 0 radical (unpaired) electrons. The molecule has 3 nitrogen and oxygen atoms in total. The average Bonchev–Trinajstić information content (AvgIpc) is 2.80. The molecule has 1 aromatic heterocycles. The summed E-state index contributed by atoms with van der Waals surface area (Å²) in [6, 6.07) is 10.2. The van der Waals surface area contributed by atoms with Gasteiger partial charge >= 0.3 is 0 Å². The van der Waals surface area contributed by atoms with Crippen LogP contribution in [0.15, 0.2) is 30.3 Å². The maximum atomic E-state index is 6.28. The van der Waals surface area contributed by atoms with Gasteiger partial charge in [-0.1, -0.05) is 30.7 Å². The molecule has 0 bridgehead atoms. The average molecular weight is 292 g/mol. The van der Waals surface area contributed by atoms with E-state index in [9.17, 15) is 0 Å². The molecule has 0 saturated carbocycles. The normalized spacial score (nSPS) is 12.6. The molecular formula is C16H22ClN3. The Morgan fingerprint density at radius 1 is 1.25 bits per heavy atom. The van der Waals surface area contributed by atoms with Crippen LogP contribution in [0.3, 0.4) is 0 Å². The molecule has 0 amide bonds. The molecule has 2 aromatic rings. The first kappa shape index (κ1) is 15.1. The molecule has 0 aliphatic carbocycles. The summed E-state index contributed by atoms with van der Waals surface area (Å²) in [6.45, 7) is 5.12. The van der Waals surface area contributed by atoms with E-state index in [2.05, 4.69) is 35.8 Å². The van der Waals surface area contributed by atoms with Crippen LogP contribution in [0.1, 0.15) is 30.8 Å². The molecule has 1 atom stereocenters. The standard InChI is InChI=1S/C16H22ClN3/c1-3-15-11-16(20(4-2)19-15)10-14(18)9-12-6-5-7-13(17)8-12/h5-8,11,14H,3-4,9-10,18H2,1-2H3. The number of halogens is 1. The molecule has 0 aliphatic rings. The molecule has 2 N–H and O–H groups in total. The summed E-state index contributed by atoms with van der Waals surface area (Å²) in [5, 5.41) is 5.33. The van der Waals surface area contributed by atoms with Crippen LogP contribution in [0.25, 0.3) is 0 Å². The van der Waals surface area contributed by atoms with Crippen molar-refractivity contribution >= 4 is 11.6 Å². The van der Waals surface area contributed by atoms with Crippen molar-refractivity contribution in [2.75, 3.05) is 0 Å². The molecular weight excluding hydrogens is 270 g/mol. The summed E-state index contributed by atoms with van der Waals surface area (Å²) in [7, 11) is 0. The molecule has 4 heteroatoms. The Labute approximate surface area is 125 Å². The van der Waals surface area contributed by atoms with Crippen molar-refractivity contribution in [2.24, 2.45) is 5.73 Å². The van der Waals surface area contributed by atoms with Crippen molar-refractivity contribution in [3.05, 3.63) is 52.3 Å². The van der Waals surface area contributed by atoms with Gasteiger partial charge in [0.25, 0.3) is 0 Å². The minimum atomic E-state index is 0.0835. The summed E-state index contributed by atoms with van der Waals surface area (Å²) in [4.78, 5) is 0. The van der Waals surface area contributed by atoms with Crippen LogP contribution < -0.4 is 5.73 Å². The molecule has 2 rings (SSSR count). The minimum Gasteiger partial charge on any atom is -0.327 e. The largest absolute Gasteiger partial charge is 0.327 e. The Morgan fingerprint density at radius 2 is 2.05 bits per heavy atom. The van der Waals surface area contributed by atoms with Gasteiger partial charge < -0.3 is 5.73 Å². The molecule has 0 saturated heterocycles. The summed E-state index contributed by atoms with van der Waals surface area (Å²) < 4.78 is 2.05. The second kappa shape index (κ2) is 6.91. The van der Waals surface area contributed by atoms with E-state index in [1.165, 1.54) is 11.3 Å². The topological polar surface area (TPSA) is 43.8 Å². The number of aryl methyl sites for hydroxylation is 2. The first-order valence-electron chi connectivity index (χ1n) is 7.18. The number of hydrogen-bond acceptors (Lipinski definition) is 2. The molecule has 108 valence electrons. The SMILES string of the molecule is CCc1cc(CC(N)Cc2cccc(Cl)c2)n(CC)n1. The van der Waals surface area contributed by atoms with E-state index in [4.69, 9.17) is 17.3 Å².